The topological polar surface area (TPSA) is 57.2 Å². The van der Waals surface area contributed by atoms with Crippen molar-refractivity contribution < 1.29 is 23.7 Å². The lowest BCUT2D eigenvalue weighted by Crippen LogP contribution is -2.41. The van der Waals surface area contributed by atoms with Crippen LogP contribution in [0.25, 0.3) is 0 Å². The van der Waals surface area contributed by atoms with E-state index < -0.39 is 0 Å². The summed E-state index contributed by atoms with van der Waals surface area (Å²) in [6.07, 6.45) is 1.34. The van der Waals surface area contributed by atoms with Crippen LogP contribution in [0.2, 0.25) is 5.02 Å². The molecular formula is C31H36ClNO5. The van der Waals surface area contributed by atoms with Crippen LogP contribution in [0.5, 0.6) is 23.0 Å². The number of ether oxygens (including phenoxy) is 4. The van der Waals surface area contributed by atoms with Gasteiger partial charge in [0.1, 0.15) is 0 Å². The molecule has 0 saturated heterocycles. The van der Waals surface area contributed by atoms with E-state index in [0.29, 0.717) is 61.5 Å². The standard InChI is InChI=1S/C31H36ClNO5/c1-5-35-27-14-9-21(18-28(27)36-6-2)17-26-25-20-30(38-8-4)29(37-7-3)19-23(25)15-16-33(26)31(34)22-10-12-24(32)13-11-22/h9-14,18-20,26H,5-8,15-17H2,1-4H3/t26-/m0/s1. The molecule has 0 aromatic heterocycles. The number of carbonyl (C=O) groups excluding carboxylic acids is 1. The zero-order chi connectivity index (χ0) is 27.1. The number of benzene rings is 3. The maximum atomic E-state index is 13.8. The van der Waals surface area contributed by atoms with Crippen LogP contribution in [0.1, 0.15) is 60.8 Å². The molecule has 38 heavy (non-hydrogen) atoms. The van der Waals surface area contributed by atoms with Gasteiger partial charge in [-0.15, -0.1) is 0 Å². The molecular weight excluding hydrogens is 502 g/mol. The summed E-state index contributed by atoms with van der Waals surface area (Å²) in [5, 5.41) is 0.602. The molecule has 0 aliphatic carbocycles. The molecule has 6 nitrogen and oxygen atoms in total. The van der Waals surface area contributed by atoms with Gasteiger partial charge in [0.25, 0.3) is 5.91 Å². The third-order valence-corrected chi connectivity index (χ3v) is 6.80. The van der Waals surface area contributed by atoms with E-state index in [1.54, 1.807) is 24.3 Å². The predicted octanol–water partition coefficient (Wildman–Crippen LogP) is 6.92. The molecule has 0 fully saturated rings. The van der Waals surface area contributed by atoms with Gasteiger partial charge in [-0.1, -0.05) is 17.7 Å². The van der Waals surface area contributed by atoms with Gasteiger partial charge in [0, 0.05) is 17.1 Å². The van der Waals surface area contributed by atoms with Gasteiger partial charge < -0.3 is 23.8 Å². The summed E-state index contributed by atoms with van der Waals surface area (Å²) >= 11 is 6.10. The second-order valence-electron chi connectivity index (χ2n) is 8.99. The van der Waals surface area contributed by atoms with Gasteiger partial charge in [0.05, 0.1) is 32.5 Å². The van der Waals surface area contributed by atoms with Crippen molar-refractivity contribution in [3.05, 3.63) is 81.9 Å². The SMILES string of the molecule is CCOc1ccc(C[C@H]2c3cc(OCC)c(OCC)cc3CCN2C(=O)c2ccc(Cl)cc2)cc1OCC. The van der Waals surface area contributed by atoms with E-state index in [2.05, 4.69) is 6.07 Å². The Bertz CT molecular complexity index is 1240. The number of nitrogens with zero attached hydrogens (tertiary/aromatic N) is 1. The number of carbonyl (C=O) groups is 1. The molecule has 0 saturated carbocycles. The number of hydrogen-bond acceptors (Lipinski definition) is 5. The molecule has 3 aromatic carbocycles. The van der Waals surface area contributed by atoms with Crippen molar-refractivity contribution in [2.45, 2.75) is 46.6 Å². The molecule has 1 aliphatic rings. The Morgan fingerprint density at radius 2 is 1.37 bits per heavy atom. The highest BCUT2D eigenvalue weighted by Gasteiger charge is 2.33. The van der Waals surface area contributed by atoms with Crippen molar-refractivity contribution in [3.63, 3.8) is 0 Å². The summed E-state index contributed by atoms with van der Waals surface area (Å²) in [7, 11) is 0. The average Bonchev–Trinajstić information content (AvgIpc) is 2.91. The van der Waals surface area contributed by atoms with Crippen molar-refractivity contribution in [1.29, 1.82) is 0 Å². The fourth-order valence-corrected chi connectivity index (χ4v) is 5.04. The van der Waals surface area contributed by atoms with Gasteiger partial charge in [0.15, 0.2) is 23.0 Å². The lowest BCUT2D eigenvalue weighted by Gasteiger charge is -2.38. The van der Waals surface area contributed by atoms with Gasteiger partial charge in [-0.2, -0.15) is 0 Å². The van der Waals surface area contributed by atoms with Crippen LogP contribution in [-0.2, 0) is 12.8 Å². The summed E-state index contributed by atoms with van der Waals surface area (Å²) in [6, 6.07) is 17.0. The van der Waals surface area contributed by atoms with E-state index in [1.807, 2.05) is 56.9 Å². The van der Waals surface area contributed by atoms with Crippen LogP contribution < -0.4 is 18.9 Å². The Balaban J connectivity index is 1.77. The van der Waals surface area contributed by atoms with E-state index >= 15 is 0 Å². The lowest BCUT2D eigenvalue weighted by atomic mass is 9.87. The predicted molar refractivity (Wildman–Crippen MR) is 150 cm³/mol. The first-order valence-corrected chi connectivity index (χ1v) is 13.7. The summed E-state index contributed by atoms with van der Waals surface area (Å²) in [6.45, 7) is 10.6. The number of hydrogen-bond donors (Lipinski definition) is 0. The van der Waals surface area contributed by atoms with Gasteiger partial charge in [0.2, 0.25) is 0 Å². The highest BCUT2D eigenvalue weighted by molar-refractivity contribution is 6.30. The summed E-state index contributed by atoms with van der Waals surface area (Å²) in [4.78, 5) is 15.7. The third kappa shape index (κ3) is 6.18. The van der Waals surface area contributed by atoms with E-state index in [9.17, 15) is 4.79 Å². The fraction of sp³-hybridized carbons (Fsp3) is 0.387. The van der Waals surface area contributed by atoms with Crippen molar-refractivity contribution in [1.82, 2.24) is 4.90 Å². The first-order valence-electron chi connectivity index (χ1n) is 13.4. The molecule has 3 aromatic rings. The molecule has 4 rings (SSSR count). The van der Waals surface area contributed by atoms with E-state index in [-0.39, 0.29) is 11.9 Å². The smallest absolute Gasteiger partial charge is 0.254 e. The van der Waals surface area contributed by atoms with E-state index in [1.165, 1.54) is 0 Å². The van der Waals surface area contributed by atoms with Gasteiger partial charge in [-0.3, -0.25) is 4.79 Å². The van der Waals surface area contributed by atoms with Gasteiger partial charge in [-0.05, 0) is 106 Å². The number of amides is 1. The first-order chi connectivity index (χ1) is 18.5. The number of fused-ring (bicyclic) bond motifs is 1. The molecule has 0 bridgehead atoms. The fourth-order valence-electron chi connectivity index (χ4n) is 4.91. The minimum atomic E-state index is -0.204. The van der Waals surface area contributed by atoms with Crippen LogP contribution >= 0.6 is 11.6 Å². The molecule has 1 amide bonds. The lowest BCUT2D eigenvalue weighted by molar-refractivity contribution is 0.0659. The van der Waals surface area contributed by atoms with E-state index in [0.717, 1.165) is 34.6 Å². The van der Waals surface area contributed by atoms with Gasteiger partial charge >= 0.3 is 0 Å². The van der Waals surface area contributed by atoms with Crippen molar-refractivity contribution in [2.75, 3.05) is 33.0 Å². The normalized spacial score (nSPS) is 14.6. The zero-order valence-corrected chi connectivity index (χ0v) is 23.3. The highest BCUT2D eigenvalue weighted by Crippen LogP contribution is 2.41. The molecule has 1 aliphatic heterocycles. The second-order valence-corrected chi connectivity index (χ2v) is 9.42. The van der Waals surface area contributed by atoms with Crippen LogP contribution in [0.15, 0.2) is 54.6 Å². The Kier molecular flexibility index (Phi) is 9.40. The van der Waals surface area contributed by atoms with Crippen LogP contribution in [0.4, 0.5) is 0 Å². The zero-order valence-electron chi connectivity index (χ0n) is 22.6. The van der Waals surface area contributed by atoms with Crippen LogP contribution in [-0.4, -0.2) is 43.8 Å². The Morgan fingerprint density at radius 3 is 2.00 bits per heavy atom. The molecule has 0 unspecified atom stereocenters. The molecule has 1 atom stereocenters. The highest BCUT2D eigenvalue weighted by atomic mass is 35.5. The monoisotopic (exact) mass is 537 g/mol. The quantitative estimate of drug-likeness (QED) is 0.266. The molecule has 0 radical (unpaired) electrons. The number of halogens is 1. The summed E-state index contributed by atoms with van der Waals surface area (Å²) in [5.41, 5.74) is 3.89. The largest absolute Gasteiger partial charge is 0.490 e. The Labute approximate surface area is 230 Å². The van der Waals surface area contributed by atoms with Crippen molar-refractivity contribution >= 4 is 17.5 Å². The average molecular weight is 538 g/mol. The summed E-state index contributed by atoms with van der Waals surface area (Å²) in [5.74, 6) is 2.83. The summed E-state index contributed by atoms with van der Waals surface area (Å²) < 4.78 is 23.5. The Morgan fingerprint density at radius 1 is 0.789 bits per heavy atom. The molecule has 1 heterocycles. The minimum Gasteiger partial charge on any atom is -0.490 e. The van der Waals surface area contributed by atoms with Crippen molar-refractivity contribution in [3.8, 4) is 23.0 Å². The molecule has 7 heteroatoms. The van der Waals surface area contributed by atoms with Crippen LogP contribution in [0, 0.1) is 0 Å². The van der Waals surface area contributed by atoms with E-state index in [4.69, 9.17) is 30.5 Å². The molecule has 0 spiro atoms. The number of rotatable bonds is 11. The maximum absolute atomic E-state index is 13.8. The Hall–Kier alpha value is -3.38. The molecule has 0 N–H and O–H groups in total. The van der Waals surface area contributed by atoms with Gasteiger partial charge in [-0.25, -0.2) is 0 Å². The first kappa shape index (κ1) is 27.6. The van der Waals surface area contributed by atoms with Crippen LogP contribution in [0.3, 0.4) is 0 Å². The molecule has 202 valence electrons. The second kappa shape index (κ2) is 12.9. The maximum Gasteiger partial charge on any atom is 0.254 e. The third-order valence-electron chi connectivity index (χ3n) is 6.55. The minimum absolute atomic E-state index is 0.0277. The van der Waals surface area contributed by atoms with Crippen molar-refractivity contribution in [2.24, 2.45) is 0 Å².